The maximum atomic E-state index is 12.7. The van der Waals surface area contributed by atoms with E-state index in [0.29, 0.717) is 29.1 Å². The summed E-state index contributed by atoms with van der Waals surface area (Å²) in [6, 6.07) is 7.46. The topological polar surface area (TPSA) is 63.4 Å². The van der Waals surface area contributed by atoms with Gasteiger partial charge in [-0.25, -0.2) is 12.7 Å². The van der Waals surface area contributed by atoms with Crippen LogP contribution in [0.5, 0.6) is 0 Å². The largest absolute Gasteiger partial charge is 0.398 e. The van der Waals surface area contributed by atoms with Crippen LogP contribution in [0.4, 0.5) is 5.69 Å². The Kier molecular flexibility index (Phi) is 4.70. The van der Waals surface area contributed by atoms with E-state index in [9.17, 15) is 8.42 Å². The zero-order valence-corrected chi connectivity index (χ0v) is 14.1. The second-order valence-electron chi connectivity index (χ2n) is 5.13. The molecule has 2 aromatic rings. The average Bonchev–Trinajstić information content (AvgIpc) is 2.93. The van der Waals surface area contributed by atoms with Gasteiger partial charge in [0.1, 0.15) is 0 Å². The van der Waals surface area contributed by atoms with E-state index in [1.807, 2.05) is 24.4 Å². The van der Waals surface area contributed by atoms with Crippen LogP contribution in [0, 0.1) is 13.8 Å². The number of nitrogens with two attached hydrogens (primary N) is 1. The molecule has 0 unspecified atom stereocenters. The Morgan fingerprint density at radius 2 is 2.00 bits per heavy atom. The molecule has 21 heavy (non-hydrogen) atoms. The van der Waals surface area contributed by atoms with Gasteiger partial charge in [0, 0.05) is 24.2 Å². The first-order chi connectivity index (χ1) is 9.82. The SMILES string of the molecule is Cc1cc(N)c(C)c(S(=O)(=O)N(C)CCc2cccs2)c1. The number of thiophene rings is 1. The van der Waals surface area contributed by atoms with Crippen molar-refractivity contribution < 1.29 is 8.42 Å². The van der Waals surface area contributed by atoms with Crippen molar-refractivity contribution in [3.8, 4) is 0 Å². The highest BCUT2D eigenvalue weighted by molar-refractivity contribution is 7.89. The quantitative estimate of drug-likeness (QED) is 0.860. The molecule has 114 valence electrons. The molecule has 0 aliphatic rings. The van der Waals surface area contributed by atoms with Crippen LogP contribution in [0.3, 0.4) is 0 Å². The minimum atomic E-state index is -3.51. The molecular formula is C15H20N2O2S2. The summed E-state index contributed by atoms with van der Waals surface area (Å²) < 4.78 is 26.8. The maximum absolute atomic E-state index is 12.7. The standard InChI is InChI=1S/C15H20N2O2S2/c1-11-9-14(16)12(2)15(10-11)21(18,19)17(3)7-6-13-5-4-8-20-13/h4-5,8-10H,6-7,16H2,1-3H3. The highest BCUT2D eigenvalue weighted by Gasteiger charge is 2.23. The maximum Gasteiger partial charge on any atom is 0.243 e. The van der Waals surface area contributed by atoms with Gasteiger partial charge >= 0.3 is 0 Å². The molecule has 4 nitrogen and oxygen atoms in total. The van der Waals surface area contributed by atoms with E-state index in [0.717, 1.165) is 5.56 Å². The van der Waals surface area contributed by atoms with E-state index < -0.39 is 10.0 Å². The van der Waals surface area contributed by atoms with Crippen molar-refractivity contribution in [1.82, 2.24) is 4.31 Å². The second kappa shape index (κ2) is 6.17. The molecule has 1 aromatic heterocycles. The number of nitrogen functional groups attached to an aromatic ring is 1. The Balaban J connectivity index is 2.25. The third-order valence-electron chi connectivity index (χ3n) is 3.49. The van der Waals surface area contributed by atoms with E-state index in [2.05, 4.69) is 0 Å². The fourth-order valence-corrected chi connectivity index (χ4v) is 4.34. The van der Waals surface area contributed by atoms with Gasteiger partial charge in [0.15, 0.2) is 0 Å². The summed E-state index contributed by atoms with van der Waals surface area (Å²) >= 11 is 1.64. The zero-order valence-electron chi connectivity index (χ0n) is 12.5. The number of aryl methyl sites for hydroxylation is 1. The van der Waals surface area contributed by atoms with Gasteiger partial charge in [-0.15, -0.1) is 11.3 Å². The second-order valence-corrected chi connectivity index (χ2v) is 8.18. The van der Waals surface area contributed by atoms with E-state index >= 15 is 0 Å². The minimum absolute atomic E-state index is 0.300. The van der Waals surface area contributed by atoms with Gasteiger partial charge in [0.25, 0.3) is 0 Å². The lowest BCUT2D eigenvalue weighted by atomic mass is 10.1. The molecule has 1 aromatic carbocycles. The summed E-state index contributed by atoms with van der Waals surface area (Å²) in [6.07, 6.45) is 0.716. The molecule has 0 atom stereocenters. The monoisotopic (exact) mass is 324 g/mol. The minimum Gasteiger partial charge on any atom is -0.398 e. The van der Waals surface area contributed by atoms with E-state index in [1.165, 1.54) is 9.18 Å². The molecule has 1 heterocycles. The van der Waals surface area contributed by atoms with Crippen molar-refractivity contribution in [2.45, 2.75) is 25.2 Å². The smallest absolute Gasteiger partial charge is 0.243 e. The summed E-state index contributed by atoms with van der Waals surface area (Å²) in [6.45, 7) is 4.05. The van der Waals surface area contributed by atoms with Crippen molar-refractivity contribution in [3.05, 3.63) is 45.6 Å². The van der Waals surface area contributed by atoms with Gasteiger partial charge in [0.2, 0.25) is 10.0 Å². The molecule has 0 bridgehead atoms. The number of hydrogen-bond acceptors (Lipinski definition) is 4. The first-order valence-corrected chi connectivity index (χ1v) is 9.00. The van der Waals surface area contributed by atoms with Crippen molar-refractivity contribution in [2.24, 2.45) is 0 Å². The van der Waals surface area contributed by atoms with E-state index in [-0.39, 0.29) is 0 Å². The molecule has 0 saturated heterocycles. The third-order valence-corrected chi connectivity index (χ3v) is 6.41. The van der Waals surface area contributed by atoms with Crippen LogP contribution >= 0.6 is 11.3 Å². The fraction of sp³-hybridized carbons (Fsp3) is 0.333. The van der Waals surface area contributed by atoms with Crippen LogP contribution in [-0.2, 0) is 16.4 Å². The summed E-state index contributed by atoms with van der Waals surface area (Å²) in [7, 11) is -1.90. The average molecular weight is 324 g/mol. The van der Waals surface area contributed by atoms with Crippen molar-refractivity contribution >= 4 is 27.0 Å². The fourth-order valence-electron chi connectivity index (χ4n) is 2.13. The zero-order chi connectivity index (χ0) is 15.6. The predicted molar refractivity (Wildman–Crippen MR) is 88.2 cm³/mol. The van der Waals surface area contributed by atoms with Gasteiger partial charge in [-0.1, -0.05) is 6.07 Å². The first-order valence-electron chi connectivity index (χ1n) is 6.68. The van der Waals surface area contributed by atoms with Crippen LogP contribution in [0.2, 0.25) is 0 Å². The van der Waals surface area contributed by atoms with Crippen molar-refractivity contribution in [2.75, 3.05) is 19.3 Å². The van der Waals surface area contributed by atoms with Crippen LogP contribution in [-0.4, -0.2) is 26.3 Å². The highest BCUT2D eigenvalue weighted by Crippen LogP contribution is 2.25. The molecule has 6 heteroatoms. The number of anilines is 1. The molecule has 0 radical (unpaired) electrons. The molecular weight excluding hydrogens is 304 g/mol. The summed E-state index contributed by atoms with van der Waals surface area (Å²) in [5, 5.41) is 2.00. The van der Waals surface area contributed by atoms with Crippen LogP contribution in [0.1, 0.15) is 16.0 Å². The molecule has 0 saturated carbocycles. The Hall–Kier alpha value is -1.37. The lowest BCUT2D eigenvalue weighted by molar-refractivity contribution is 0.473. The Morgan fingerprint density at radius 1 is 1.29 bits per heavy atom. The summed E-state index contributed by atoms with van der Waals surface area (Å²) in [5.74, 6) is 0. The van der Waals surface area contributed by atoms with Gasteiger partial charge in [0.05, 0.1) is 4.90 Å². The number of benzene rings is 1. The molecule has 2 rings (SSSR count). The van der Waals surface area contributed by atoms with Crippen LogP contribution in [0.15, 0.2) is 34.5 Å². The molecule has 2 N–H and O–H groups in total. The number of hydrogen-bond donors (Lipinski definition) is 1. The third kappa shape index (κ3) is 3.45. The molecule has 0 fully saturated rings. The molecule has 0 spiro atoms. The number of likely N-dealkylation sites (N-methyl/N-ethyl adjacent to an activating group) is 1. The lowest BCUT2D eigenvalue weighted by Crippen LogP contribution is -2.29. The van der Waals surface area contributed by atoms with Crippen LogP contribution < -0.4 is 5.73 Å². The molecule has 0 amide bonds. The predicted octanol–water partition coefficient (Wildman–Crippen LogP) is 2.81. The van der Waals surface area contributed by atoms with Crippen molar-refractivity contribution in [1.29, 1.82) is 0 Å². The van der Waals surface area contributed by atoms with E-state index in [4.69, 9.17) is 5.73 Å². The van der Waals surface area contributed by atoms with Gasteiger partial charge in [-0.3, -0.25) is 0 Å². The Bertz CT molecular complexity index is 722. The van der Waals surface area contributed by atoms with Gasteiger partial charge < -0.3 is 5.73 Å². The molecule has 0 aliphatic carbocycles. The summed E-state index contributed by atoms with van der Waals surface area (Å²) in [5.41, 5.74) is 7.87. The molecule has 0 aliphatic heterocycles. The lowest BCUT2D eigenvalue weighted by Gasteiger charge is -2.19. The van der Waals surface area contributed by atoms with E-state index in [1.54, 1.807) is 37.4 Å². The number of rotatable bonds is 5. The Labute approximate surface area is 130 Å². The van der Waals surface area contributed by atoms with Crippen LogP contribution in [0.25, 0.3) is 0 Å². The summed E-state index contributed by atoms with van der Waals surface area (Å²) in [4.78, 5) is 1.48. The number of nitrogens with zero attached hydrogens (tertiary/aromatic N) is 1. The number of sulfonamides is 1. The normalized spacial score (nSPS) is 12.0. The Morgan fingerprint density at radius 3 is 2.62 bits per heavy atom. The van der Waals surface area contributed by atoms with Gasteiger partial charge in [-0.2, -0.15) is 0 Å². The van der Waals surface area contributed by atoms with Gasteiger partial charge in [-0.05, 0) is 55.0 Å². The highest BCUT2D eigenvalue weighted by atomic mass is 32.2. The van der Waals surface area contributed by atoms with Crippen molar-refractivity contribution in [3.63, 3.8) is 0 Å². The first kappa shape index (κ1) is 16.0.